The third-order valence-corrected chi connectivity index (χ3v) is 10.7. The number of anilines is 3. The summed E-state index contributed by atoms with van der Waals surface area (Å²) in [6.45, 7) is 16.3. The molecule has 57 heavy (non-hydrogen) atoms. The Kier molecular flexibility index (Phi) is 10.1. The Hall–Kier alpha value is -5.64. The largest absolute Gasteiger partial charge is 0.509 e. The predicted octanol–water partition coefficient (Wildman–Crippen LogP) is 13.1. The molecule has 0 fully saturated rings. The molecule has 9 rings (SSSR count). The van der Waals surface area contributed by atoms with Gasteiger partial charge in [0.2, 0.25) is 0 Å². The van der Waals surface area contributed by atoms with Crippen molar-refractivity contribution in [3.05, 3.63) is 181 Å². The van der Waals surface area contributed by atoms with Crippen molar-refractivity contribution in [3.63, 3.8) is 0 Å². The summed E-state index contributed by atoms with van der Waals surface area (Å²) in [5.74, 6) is 2.09. The molecule has 1 aliphatic rings. The summed E-state index contributed by atoms with van der Waals surface area (Å²) < 4.78 is 8.98. The standard InChI is InChI=1S/C51H45N4O.Pt/c1-50(2,3)38-22-26-49(52-32-38)55-45-25-21-37(36-17-11-8-12-18-36)27-44(45)43-24-23-41(31-48(43)55)56-42-29-39(51(4,5)6)28-40(30-42)54-34-53(33-35-15-9-7-10-16-35)46-19-13-14-20-47(46)54;/h7-29,32,34H,33H2,1-6H3;/q-3;. The minimum atomic E-state index is -0.133. The molecule has 1 aliphatic heterocycles. The molecule has 5 nitrogen and oxygen atoms in total. The van der Waals surface area contributed by atoms with Gasteiger partial charge in [0.15, 0.2) is 0 Å². The van der Waals surface area contributed by atoms with Crippen molar-refractivity contribution in [3.8, 4) is 28.4 Å². The first-order valence-electron chi connectivity index (χ1n) is 19.3. The topological polar surface area (TPSA) is 33.5 Å². The van der Waals surface area contributed by atoms with Gasteiger partial charge in [0.1, 0.15) is 5.82 Å². The summed E-state index contributed by atoms with van der Waals surface area (Å²) in [4.78, 5) is 9.54. The second-order valence-electron chi connectivity index (χ2n) is 16.7. The zero-order valence-corrected chi connectivity index (χ0v) is 35.4. The van der Waals surface area contributed by atoms with Crippen molar-refractivity contribution >= 4 is 38.9 Å². The van der Waals surface area contributed by atoms with E-state index in [0.29, 0.717) is 11.5 Å². The number of rotatable bonds is 7. The first-order valence-corrected chi connectivity index (χ1v) is 19.3. The maximum Gasteiger partial charge on any atom is 0.135 e. The van der Waals surface area contributed by atoms with Crippen LogP contribution in [0, 0.1) is 18.8 Å². The van der Waals surface area contributed by atoms with Gasteiger partial charge in [0.05, 0.1) is 0 Å². The Balaban J connectivity index is 0.00000455. The molecule has 0 unspecified atom stereocenters. The number of hydrogen-bond acceptors (Lipinski definition) is 4. The fraction of sp³-hybridized carbons (Fsp3) is 0.176. The Labute approximate surface area is 350 Å². The molecular formula is C51H45N4OPt-3. The quantitative estimate of drug-likeness (QED) is 0.149. The van der Waals surface area contributed by atoms with Crippen molar-refractivity contribution in [2.75, 3.05) is 9.80 Å². The number of nitrogens with zero attached hydrogens (tertiary/aromatic N) is 4. The van der Waals surface area contributed by atoms with Crippen LogP contribution in [0.2, 0.25) is 0 Å². The first-order chi connectivity index (χ1) is 27.0. The Morgan fingerprint density at radius 2 is 1.32 bits per heavy atom. The van der Waals surface area contributed by atoms with Crippen LogP contribution in [0.15, 0.2) is 146 Å². The summed E-state index contributed by atoms with van der Waals surface area (Å²) in [6, 6.07) is 56.5. The van der Waals surface area contributed by atoms with Crippen LogP contribution in [0.5, 0.6) is 11.5 Å². The average Bonchev–Trinajstić information content (AvgIpc) is 3.73. The maximum atomic E-state index is 6.78. The van der Waals surface area contributed by atoms with Crippen LogP contribution < -0.4 is 14.5 Å². The molecule has 0 spiro atoms. The van der Waals surface area contributed by atoms with E-state index >= 15 is 0 Å². The van der Waals surface area contributed by atoms with E-state index in [-0.39, 0.29) is 31.9 Å². The number of hydrogen-bond donors (Lipinski definition) is 0. The van der Waals surface area contributed by atoms with Crippen LogP contribution in [-0.2, 0) is 38.4 Å². The van der Waals surface area contributed by atoms with Crippen LogP contribution in [-0.4, -0.2) is 9.55 Å². The maximum absolute atomic E-state index is 6.78. The van der Waals surface area contributed by atoms with Gasteiger partial charge in [-0.25, -0.2) is 4.98 Å². The van der Waals surface area contributed by atoms with E-state index in [1.165, 1.54) is 16.7 Å². The van der Waals surface area contributed by atoms with Crippen LogP contribution in [0.25, 0.3) is 38.8 Å². The minimum absolute atomic E-state index is 0. The summed E-state index contributed by atoms with van der Waals surface area (Å²) >= 11 is 0. The zero-order valence-electron chi connectivity index (χ0n) is 33.2. The molecule has 3 heterocycles. The van der Waals surface area contributed by atoms with Crippen molar-refractivity contribution < 1.29 is 25.8 Å². The molecule has 0 bridgehead atoms. The number of benzene rings is 6. The Morgan fingerprint density at radius 1 is 0.614 bits per heavy atom. The molecule has 2 aromatic heterocycles. The van der Waals surface area contributed by atoms with Crippen LogP contribution in [0.1, 0.15) is 58.2 Å². The van der Waals surface area contributed by atoms with E-state index < -0.39 is 0 Å². The van der Waals surface area contributed by atoms with Gasteiger partial charge < -0.3 is 19.1 Å². The number of ether oxygens (including phenoxy) is 1. The van der Waals surface area contributed by atoms with E-state index in [1.54, 1.807) is 0 Å². The second-order valence-corrected chi connectivity index (χ2v) is 16.7. The molecule has 0 amide bonds. The van der Waals surface area contributed by atoms with Gasteiger partial charge in [-0.3, -0.25) is 0 Å². The smallest absolute Gasteiger partial charge is 0.135 e. The van der Waals surface area contributed by atoms with Gasteiger partial charge in [0, 0.05) is 62.2 Å². The van der Waals surface area contributed by atoms with Crippen molar-refractivity contribution in [1.82, 2.24) is 9.55 Å². The second kappa shape index (κ2) is 15.0. The molecule has 0 radical (unpaired) electrons. The molecule has 0 aliphatic carbocycles. The zero-order chi connectivity index (χ0) is 38.6. The predicted molar refractivity (Wildman–Crippen MR) is 231 cm³/mol. The van der Waals surface area contributed by atoms with Crippen molar-refractivity contribution in [2.45, 2.75) is 58.9 Å². The van der Waals surface area contributed by atoms with Gasteiger partial charge in [0.25, 0.3) is 0 Å². The fourth-order valence-electron chi connectivity index (χ4n) is 7.53. The molecule has 0 saturated heterocycles. The Bertz CT molecular complexity index is 2690. The van der Waals surface area contributed by atoms with E-state index in [2.05, 4.69) is 208 Å². The monoisotopic (exact) mass is 924 g/mol. The van der Waals surface area contributed by atoms with Crippen molar-refractivity contribution in [2.24, 2.45) is 0 Å². The van der Waals surface area contributed by atoms with Crippen LogP contribution >= 0.6 is 0 Å². The molecular weight excluding hydrogens is 880 g/mol. The normalized spacial score (nSPS) is 12.9. The summed E-state index contributed by atoms with van der Waals surface area (Å²) in [7, 11) is 0. The SMILES string of the molecule is CC(C)(C)c1ccc(-n2c3[c-]c(Oc4[c-]c(N5[CH-]N(Cc6ccccc6)c6ccccc65)cc(C(C)(C)C)c4)ccc3c3cc(-c4ccccc4)ccc32)nc1.[Pt]. The summed E-state index contributed by atoms with van der Waals surface area (Å²) in [6.07, 6.45) is 1.99. The van der Waals surface area contributed by atoms with Gasteiger partial charge in [-0.05, 0) is 62.7 Å². The van der Waals surface area contributed by atoms with Crippen LogP contribution in [0.4, 0.5) is 17.1 Å². The summed E-state index contributed by atoms with van der Waals surface area (Å²) in [5.41, 5.74) is 10.9. The minimum Gasteiger partial charge on any atom is -0.509 e. The molecule has 6 aromatic carbocycles. The van der Waals surface area contributed by atoms with Gasteiger partial charge in [-0.15, -0.1) is 47.0 Å². The molecule has 0 N–H and O–H groups in total. The molecule has 0 atom stereocenters. The Morgan fingerprint density at radius 3 is 2.02 bits per heavy atom. The van der Waals surface area contributed by atoms with Gasteiger partial charge >= 0.3 is 0 Å². The summed E-state index contributed by atoms with van der Waals surface area (Å²) in [5, 5.41) is 2.22. The first kappa shape index (κ1) is 38.2. The number of para-hydroxylation sites is 2. The number of aromatic nitrogens is 2. The van der Waals surface area contributed by atoms with E-state index in [0.717, 1.165) is 62.4 Å². The third kappa shape index (κ3) is 7.49. The molecule has 8 aromatic rings. The molecule has 6 heteroatoms. The third-order valence-electron chi connectivity index (χ3n) is 10.7. The van der Waals surface area contributed by atoms with Gasteiger partial charge in [-0.1, -0.05) is 138 Å². The van der Waals surface area contributed by atoms with Crippen LogP contribution in [0.3, 0.4) is 0 Å². The molecule has 288 valence electrons. The molecule has 0 saturated carbocycles. The average molecular weight is 925 g/mol. The number of pyridine rings is 1. The van der Waals surface area contributed by atoms with E-state index in [4.69, 9.17) is 9.72 Å². The van der Waals surface area contributed by atoms with E-state index in [9.17, 15) is 0 Å². The van der Waals surface area contributed by atoms with Gasteiger partial charge in [-0.2, -0.15) is 12.7 Å². The number of fused-ring (bicyclic) bond motifs is 4. The van der Waals surface area contributed by atoms with Crippen molar-refractivity contribution in [1.29, 1.82) is 0 Å². The fourth-order valence-corrected chi connectivity index (χ4v) is 7.53. The van der Waals surface area contributed by atoms with E-state index in [1.807, 2.05) is 12.3 Å².